The zero-order valence-corrected chi connectivity index (χ0v) is 19.4. The number of aromatic amines is 1. The van der Waals surface area contributed by atoms with E-state index in [0.29, 0.717) is 12.1 Å². The van der Waals surface area contributed by atoms with Gasteiger partial charge in [0.2, 0.25) is 0 Å². The van der Waals surface area contributed by atoms with Crippen LogP contribution in [0.4, 0.5) is 4.79 Å². The van der Waals surface area contributed by atoms with E-state index in [1.165, 1.54) is 12.0 Å². The standard InChI is InChI=1S/C26H31N3O2.ClH/c1-2-19-13-14-24-21(15-19)16-22(25(30)28-24)18-29(17-20-9-5-3-6-10-20)26(31)27-23-11-7-4-8-12-23;/h3,5-6,9-10,13-16,23H,2,4,7-8,11-12,17-18H2,1H3,(H,27,31)(H,28,30);1H. The Labute approximate surface area is 195 Å². The Balaban J connectivity index is 0.00000289. The summed E-state index contributed by atoms with van der Waals surface area (Å²) in [6, 6.07) is 18.1. The second-order valence-electron chi connectivity index (χ2n) is 8.52. The highest BCUT2D eigenvalue weighted by Gasteiger charge is 2.21. The van der Waals surface area contributed by atoms with Crippen LogP contribution in [-0.4, -0.2) is 22.0 Å². The maximum atomic E-state index is 13.2. The van der Waals surface area contributed by atoms with Crippen molar-refractivity contribution >= 4 is 29.3 Å². The molecule has 170 valence electrons. The van der Waals surface area contributed by atoms with Gasteiger partial charge >= 0.3 is 6.03 Å². The van der Waals surface area contributed by atoms with Gasteiger partial charge in [0.25, 0.3) is 5.56 Å². The van der Waals surface area contributed by atoms with Crippen LogP contribution < -0.4 is 10.9 Å². The molecule has 5 nitrogen and oxygen atoms in total. The number of hydrogen-bond donors (Lipinski definition) is 2. The number of aryl methyl sites for hydroxylation is 1. The van der Waals surface area contributed by atoms with Gasteiger partial charge in [-0.3, -0.25) is 4.79 Å². The number of carbonyl (C=O) groups is 1. The fourth-order valence-corrected chi connectivity index (χ4v) is 4.36. The number of fused-ring (bicyclic) bond motifs is 1. The molecule has 1 fully saturated rings. The van der Waals surface area contributed by atoms with Crippen LogP contribution in [0.2, 0.25) is 0 Å². The predicted octanol–water partition coefficient (Wildman–Crippen LogP) is 5.56. The van der Waals surface area contributed by atoms with Gasteiger partial charge < -0.3 is 15.2 Å². The highest BCUT2D eigenvalue weighted by molar-refractivity contribution is 5.85. The highest BCUT2D eigenvalue weighted by atomic mass is 35.5. The van der Waals surface area contributed by atoms with Crippen LogP contribution in [0.5, 0.6) is 0 Å². The van der Waals surface area contributed by atoms with Crippen molar-refractivity contribution in [3.63, 3.8) is 0 Å². The molecule has 1 aromatic heterocycles. The smallest absolute Gasteiger partial charge is 0.318 e. The number of halogens is 1. The average Bonchev–Trinajstić information content (AvgIpc) is 2.80. The van der Waals surface area contributed by atoms with E-state index < -0.39 is 0 Å². The molecule has 1 aliphatic rings. The summed E-state index contributed by atoms with van der Waals surface area (Å²) in [4.78, 5) is 30.7. The largest absolute Gasteiger partial charge is 0.335 e. The highest BCUT2D eigenvalue weighted by Crippen LogP contribution is 2.19. The number of nitrogens with zero attached hydrogens (tertiary/aromatic N) is 1. The fraction of sp³-hybridized carbons (Fsp3) is 0.385. The van der Waals surface area contributed by atoms with Crippen molar-refractivity contribution in [1.29, 1.82) is 0 Å². The van der Waals surface area contributed by atoms with Crippen molar-refractivity contribution in [3.05, 3.63) is 81.6 Å². The van der Waals surface area contributed by atoms with E-state index >= 15 is 0 Å². The van der Waals surface area contributed by atoms with E-state index in [1.807, 2.05) is 48.5 Å². The molecule has 1 heterocycles. The minimum absolute atomic E-state index is 0. The Morgan fingerprint density at radius 1 is 1.00 bits per heavy atom. The zero-order chi connectivity index (χ0) is 21.6. The van der Waals surface area contributed by atoms with Gasteiger partial charge in [-0.15, -0.1) is 12.4 Å². The van der Waals surface area contributed by atoms with Crippen molar-refractivity contribution in [2.24, 2.45) is 0 Å². The van der Waals surface area contributed by atoms with Crippen molar-refractivity contribution < 1.29 is 4.79 Å². The molecule has 6 heteroatoms. The summed E-state index contributed by atoms with van der Waals surface area (Å²) in [5.74, 6) is 0. The molecule has 0 spiro atoms. The number of amides is 2. The minimum Gasteiger partial charge on any atom is -0.335 e. The van der Waals surface area contributed by atoms with Gasteiger partial charge in [0, 0.05) is 23.7 Å². The molecule has 1 saturated carbocycles. The normalized spacial score (nSPS) is 14.0. The van der Waals surface area contributed by atoms with Crippen LogP contribution in [0.1, 0.15) is 55.7 Å². The lowest BCUT2D eigenvalue weighted by Gasteiger charge is -2.28. The molecule has 32 heavy (non-hydrogen) atoms. The number of rotatable bonds is 6. The maximum Gasteiger partial charge on any atom is 0.318 e. The summed E-state index contributed by atoms with van der Waals surface area (Å²) in [7, 11) is 0. The average molecular weight is 454 g/mol. The van der Waals surface area contributed by atoms with E-state index in [9.17, 15) is 9.59 Å². The molecule has 4 rings (SSSR count). The third kappa shape index (κ3) is 5.92. The number of benzene rings is 2. The summed E-state index contributed by atoms with van der Waals surface area (Å²) in [6.07, 6.45) is 6.56. The van der Waals surface area contributed by atoms with Gasteiger partial charge in [0.15, 0.2) is 0 Å². The molecular formula is C26H32ClN3O2. The molecule has 0 bridgehead atoms. The minimum atomic E-state index is -0.139. The van der Waals surface area contributed by atoms with Crippen molar-refractivity contribution in [2.75, 3.05) is 0 Å². The van der Waals surface area contributed by atoms with E-state index in [1.54, 1.807) is 4.90 Å². The topological polar surface area (TPSA) is 65.2 Å². The molecule has 1 aliphatic carbocycles. The molecule has 0 atom stereocenters. The molecular weight excluding hydrogens is 422 g/mol. The number of nitrogens with one attached hydrogen (secondary N) is 2. The third-order valence-corrected chi connectivity index (χ3v) is 6.19. The van der Waals surface area contributed by atoms with Crippen LogP contribution in [0.3, 0.4) is 0 Å². The molecule has 2 aromatic carbocycles. The predicted molar refractivity (Wildman–Crippen MR) is 132 cm³/mol. The molecule has 0 radical (unpaired) electrons. The van der Waals surface area contributed by atoms with Crippen LogP contribution in [0.25, 0.3) is 10.9 Å². The van der Waals surface area contributed by atoms with Crippen LogP contribution >= 0.6 is 12.4 Å². The third-order valence-electron chi connectivity index (χ3n) is 6.19. The molecule has 2 N–H and O–H groups in total. The summed E-state index contributed by atoms with van der Waals surface area (Å²) < 4.78 is 0. The van der Waals surface area contributed by atoms with E-state index in [4.69, 9.17) is 0 Å². The van der Waals surface area contributed by atoms with Gasteiger partial charge in [0.1, 0.15) is 0 Å². The number of hydrogen-bond acceptors (Lipinski definition) is 2. The first kappa shape index (κ1) is 23.9. The second kappa shape index (κ2) is 11.2. The lowest BCUT2D eigenvalue weighted by Crippen LogP contribution is -2.45. The molecule has 3 aromatic rings. The Morgan fingerprint density at radius 3 is 2.47 bits per heavy atom. The first-order valence-electron chi connectivity index (χ1n) is 11.4. The number of pyridine rings is 1. The van der Waals surface area contributed by atoms with Crippen molar-refractivity contribution in [2.45, 2.75) is 64.6 Å². The van der Waals surface area contributed by atoms with Crippen LogP contribution in [0.15, 0.2) is 59.4 Å². The van der Waals surface area contributed by atoms with Crippen molar-refractivity contribution in [3.8, 4) is 0 Å². The Bertz CT molecular complexity index is 1090. The monoisotopic (exact) mass is 453 g/mol. The van der Waals surface area contributed by atoms with Gasteiger partial charge in [0.05, 0.1) is 6.54 Å². The molecule has 2 amide bonds. The lowest BCUT2D eigenvalue weighted by molar-refractivity contribution is 0.184. The number of carbonyl (C=O) groups excluding carboxylic acids is 1. The molecule has 0 unspecified atom stereocenters. The number of H-pyrrole nitrogens is 1. The summed E-state index contributed by atoms with van der Waals surface area (Å²) >= 11 is 0. The fourth-order valence-electron chi connectivity index (χ4n) is 4.36. The molecule has 0 saturated heterocycles. The summed E-state index contributed by atoms with van der Waals surface area (Å²) in [6.45, 7) is 2.85. The Kier molecular flexibility index (Phi) is 8.34. The first-order valence-corrected chi connectivity index (χ1v) is 11.4. The Hall–Kier alpha value is -2.79. The SMILES string of the molecule is CCc1ccc2[nH]c(=O)c(CN(Cc3ccccc3)C(=O)NC3CCCCC3)cc2c1.Cl. The van der Waals surface area contributed by atoms with Gasteiger partial charge in [-0.05, 0) is 54.0 Å². The second-order valence-corrected chi connectivity index (χ2v) is 8.52. The van der Waals surface area contributed by atoms with Crippen LogP contribution in [-0.2, 0) is 19.5 Å². The number of urea groups is 1. The van der Waals surface area contributed by atoms with Gasteiger partial charge in [-0.2, -0.15) is 0 Å². The quantitative estimate of drug-likeness (QED) is 0.513. The van der Waals surface area contributed by atoms with Gasteiger partial charge in [-0.1, -0.05) is 62.6 Å². The summed E-state index contributed by atoms with van der Waals surface area (Å²) in [5, 5.41) is 4.21. The summed E-state index contributed by atoms with van der Waals surface area (Å²) in [5.41, 5.74) is 3.57. The molecule has 0 aliphatic heterocycles. The van der Waals surface area contributed by atoms with E-state index in [0.717, 1.165) is 48.6 Å². The number of aromatic nitrogens is 1. The zero-order valence-electron chi connectivity index (χ0n) is 18.6. The lowest BCUT2D eigenvalue weighted by atomic mass is 9.96. The Morgan fingerprint density at radius 2 is 1.75 bits per heavy atom. The maximum absolute atomic E-state index is 13.2. The van der Waals surface area contributed by atoms with Gasteiger partial charge in [-0.25, -0.2) is 4.79 Å². The van der Waals surface area contributed by atoms with Crippen LogP contribution in [0, 0.1) is 0 Å². The van der Waals surface area contributed by atoms with Crippen molar-refractivity contribution in [1.82, 2.24) is 15.2 Å². The first-order chi connectivity index (χ1) is 15.1. The van der Waals surface area contributed by atoms with E-state index in [-0.39, 0.29) is 36.6 Å². The van der Waals surface area contributed by atoms with E-state index in [2.05, 4.69) is 23.3 Å².